The van der Waals surface area contributed by atoms with Gasteiger partial charge in [0, 0.05) is 31.7 Å². The number of aromatic nitrogens is 2. The fourth-order valence-corrected chi connectivity index (χ4v) is 2.11. The fraction of sp³-hybridized carbons (Fsp3) is 0.375. The van der Waals surface area contributed by atoms with Crippen LogP contribution in [0.15, 0.2) is 35.1 Å². The number of benzene rings is 1. The summed E-state index contributed by atoms with van der Waals surface area (Å²) in [7, 11) is 5.70. The summed E-state index contributed by atoms with van der Waals surface area (Å²) >= 11 is 0. The maximum absolute atomic E-state index is 11.7. The number of H-pyrrole nitrogens is 1. The third-order valence-electron chi connectivity index (χ3n) is 3.08. The van der Waals surface area contributed by atoms with Gasteiger partial charge in [0.25, 0.3) is 5.56 Å². The summed E-state index contributed by atoms with van der Waals surface area (Å²) in [6, 6.07) is 9.59. The lowest BCUT2D eigenvalue weighted by Crippen LogP contribution is -2.12. The molecular formula is C16H21N3O2. The van der Waals surface area contributed by atoms with Gasteiger partial charge in [0.2, 0.25) is 0 Å². The molecule has 112 valence electrons. The van der Waals surface area contributed by atoms with E-state index >= 15 is 0 Å². The molecule has 0 unspecified atom stereocenters. The lowest BCUT2D eigenvalue weighted by molar-refractivity contribution is 0.201. The predicted molar refractivity (Wildman–Crippen MR) is 83.3 cm³/mol. The summed E-state index contributed by atoms with van der Waals surface area (Å²) in [6.45, 7) is 1.44. The van der Waals surface area contributed by atoms with Crippen LogP contribution in [0.5, 0.6) is 0 Å². The van der Waals surface area contributed by atoms with Gasteiger partial charge in [-0.05, 0) is 19.7 Å². The molecule has 0 fully saturated rings. The van der Waals surface area contributed by atoms with E-state index in [4.69, 9.17) is 4.74 Å². The Bertz CT molecular complexity index is 633. The quantitative estimate of drug-likeness (QED) is 0.878. The normalized spacial score (nSPS) is 11.0. The summed E-state index contributed by atoms with van der Waals surface area (Å²) in [5.74, 6) is 0.602. The van der Waals surface area contributed by atoms with Crippen molar-refractivity contribution in [3.05, 3.63) is 51.9 Å². The van der Waals surface area contributed by atoms with Crippen LogP contribution >= 0.6 is 0 Å². The van der Waals surface area contributed by atoms with Crippen molar-refractivity contribution >= 4 is 0 Å². The highest BCUT2D eigenvalue weighted by molar-refractivity contribution is 5.55. The topological polar surface area (TPSA) is 58.2 Å². The van der Waals surface area contributed by atoms with Crippen molar-refractivity contribution in [2.24, 2.45) is 0 Å². The zero-order valence-electron chi connectivity index (χ0n) is 12.7. The molecule has 0 radical (unpaired) electrons. The van der Waals surface area contributed by atoms with Gasteiger partial charge >= 0.3 is 0 Å². The average molecular weight is 287 g/mol. The SMILES string of the molecule is COCCc1cc(=O)[nH]c(-c2ccc(CN(C)C)cc2)n1. The molecule has 2 aromatic rings. The summed E-state index contributed by atoms with van der Waals surface area (Å²) < 4.78 is 5.03. The molecule has 0 spiro atoms. The van der Waals surface area contributed by atoms with Crippen LogP contribution in [-0.4, -0.2) is 42.7 Å². The molecule has 5 heteroatoms. The molecule has 5 nitrogen and oxygen atoms in total. The highest BCUT2D eigenvalue weighted by Crippen LogP contribution is 2.15. The molecule has 1 aromatic carbocycles. The molecule has 1 heterocycles. The minimum absolute atomic E-state index is 0.136. The van der Waals surface area contributed by atoms with Crippen molar-refractivity contribution in [3.8, 4) is 11.4 Å². The Labute approximate surface area is 124 Å². The van der Waals surface area contributed by atoms with E-state index in [9.17, 15) is 4.79 Å². The number of nitrogens with one attached hydrogen (secondary N) is 1. The molecular weight excluding hydrogens is 266 g/mol. The van der Waals surface area contributed by atoms with Crippen molar-refractivity contribution in [3.63, 3.8) is 0 Å². The molecule has 0 saturated heterocycles. The first-order chi connectivity index (χ1) is 10.1. The molecule has 1 aromatic heterocycles. The first-order valence-corrected chi connectivity index (χ1v) is 6.91. The summed E-state index contributed by atoms with van der Waals surface area (Å²) in [4.78, 5) is 21.1. The van der Waals surface area contributed by atoms with Crippen molar-refractivity contribution in [1.29, 1.82) is 0 Å². The van der Waals surface area contributed by atoms with Gasteiger partial charge in [-0.3, -0.25) is 4.79 Å². The fourth-order valence-electron chi connectivity index (χ4n) is 2.11. The van der Waals surface area contributed by atoms with E-state index in [0.717, 1.165) is 17.8 Å². The van der Waals surface area contributed by atoms with Crippen LogP contribution in [0.4, 0.5) is 0 Å². The lowest BCUT2D eigenvalue weighted by atomic mass is 10.1. The molecule has 0 bridgehead atoms. The van der Waals surface area contributed by atoms with Gasteiger partial charge in [-0.15, -0.1) is 0 Å². The number of nitrogens with zero attached hydrogens (tertiary/aromatic N) is 2. The van der Waals surface area contributed by atoms with Crippen molar-refractivity contribution in [1.82, 2.24) is 14.9 Å². The number of rotatable bonds is 6. The number of hydrogen-bond donors (Lipinski definition) is 1. The van der Waals surface area contributed by atoms with Crippen molar-refractivity contribution < 1.29 is 4.74 Å². The maximum atomic E-state index is 11.7. The van der Waals surface area contributed by atoms with Gasteiger partial charge in [0.1, 0.15) is 5.82 Å². The zero-order valence-corrected chi connectivity index (χ0v) is 12.7. The van der Waals surface area contributed by atoms with Gasteiger partial charge in [0.05, 0.1) is 12.3 Å². The second kappa shape index (κ2) is 7.15. The van der Waals surface area contributed by atoms with Crippen LogP contribution in [0, 0.1) is 0 Å². The van der Waals surface area contributed by atoms with Crippen molar-refractivity contribution in [2.75, 3.05) is 27.8 Å². The second-order valence-corrected chi connectivity index (χ2v) is 5.26. The van der Waals surface area contributed by atoms with Gasteiger partial charge in [-0.25, -0.2) is 4.98 Å². The first-order valence-electron chi connectivity index (χ1n) is 6.91. The van der Waals surface area contributed by atoms with E-state index in [2.05, 4.69) is 27.0 Å². The van der Waals surface area contributed by atoms with E-state index in [-0.39, 0.29) is 5.56 Å². The van der Waals surface area contributed by atoms with E-state index < -0.39 is 0 Å². The first kappa shape index (κ1) is 15.4. The largest absolute Gasteiger partial charge is 0.384 e. The van der Waals surface area contributed by atoms with Crippen molar-refractivity contribution in [2.45, 2.75) is 13.0 Å². The summed E-state index contributed by atoms with van der Waals surface area (Å²) in [5.41, 5.74) is 2.74. The average Bonchev–Trinajstić information content (AvgIpc) is 2.44. The molecule has 0 aliphatic rings. The third kappa shape index (κ3) is 4.51. The minimum atomic E-state index is -0.136. The zero-order chi connectivity index (χ0) is 15.2. The van der Waals surface area contributed by atoms with Crippen LogP contribution in [0.2, 0.25) is 0 Å². The standard InChI is InChI=1S/C16H21N3O2/c1-19(2)11-12-4-6-13(7-5-12)16-17-14(8-9-21-3)10-15(20)18-16/h4-7,10H,8-9,11H2,1-3H3,(H,17,18,20). The van der Waals surface area contributed by atoms with E-state index in [1.807, 2.05) is 26.2 Å². The Balaban J connectivity index is 2.24. The van der Waals surface area contributed by atoms with E-state index in [1.165, 1.54) is 11.6 Å². The Morgan fingerprint density at radius 1 is 1.24 bits per heavy atom. The molecule has 0 amide bonds. The molecule has 0 atom stereocenters. The summed E-state index contributed by atoms with van der Waals surface area (Å²) in [5, 5.41) is 0. The molecule has 2 rings (SSSR count). The lowest BCUT2D eigenvalue weighted by Gasteiger charge is -2.10. The molecule has 21 heavy (non-hydrogen) atoms. The van der Waals surface area contributed by atoms with Crippen LogP contribution in [0.1, 0.15) is 11.3 Å². The minimum Gasteiger partial charge on any atom is -0.384 e. The molecule has 0 aliphatic heterocycles. The second-order valence-electron chi connectivity index (χ2n) is 5.26. The Hall–Kier alpha value is -1.98. The van der Waals surface area contributed by atoms with Crippen LogP contribution in [0.25, 0.3) is 11.4 Å². The van der Waals surface area contributed by atoms with Gasteiger partial charge in [0.15, 0.2) is 0 Å². The highest BCUT2D eigenvalue weighted by Gasteiger charge is 2.05. The van der Waals surface area contributed by atoms with Gasteiger partial charge < -0.3 is 14.6 Å². The highest BCUT2D eigenvalue weighted by atomic mass is 16.5. The Kier molecular flexibility index (Phi) is 5.25. The van der Waals surface area contributed by atoms with E-state index in [1.54, 1.807) is 7.11 Å². The van der Waals surface area contributed by atoms with Crippen LogP contribution in [0.3, 0.4) is 0 Å². The molecule has 0 aliphatic carbocycles. The number of hydrogen-bond acceptors (Lipinski definition) is 4. The number of ether oxygens (including phenoxy) is 1. The molecule has 1 N–H and O–H groups in total. The van der Waals surface area contributed by atoms with E-state index in [0.29, 0.717) is 18.9 Å². The van der Waals surface area contributed by atoms with Gasteiger partial charge in [-0.1, -0.05) is 24.3 Å². The molecule has 0 saturated carbocycles. The van der Waals surface area contributed by atoms with Crippen LogP contribution in [-0.2, 0) is 17.7 Å². The third-order valence-corrected chi connectivity index (χ3v) is 3.08. The Morgan fingerprint density at radius 2 is 1.95 bits per heavy atom. The van der Waals surface area contributed by atoms with Gasteiger partial charge in [-0.2, -0.15) is 0 Å². The number of aromatic amines is 1. The number of methoxy groups -OCH3 is 1. The Morgan fingerprint density at radius 3 is 2.57 bits per heavy atom. The summed E-state index contributed by atoms with van der Waals surface area (Å²) in [6.07, 6.45) is 0.631. The smallest absolute Gasteiger partial charge is 0.251 e. The predicted octanol–water partition coefficient (Wildman–Crippen LogP) is 1.69. The van der Waals surface area contributed by atoms with Crippen LogP contribution < -0.4 is 5.56 Å². The maximum Gasteiger partial charge on any atom is 0.251 e. The monoisotopic (exact) mass is 287 g/mol.